The fourth-order valence-corrected chi connectivity index (χ4v) is 2.73. The highest BCUT2D eigenvalue weighted by molar-refractivity contribution is 7.07. The molecule has 0 saturated carbocycles. The zero-order valence-electron chi connectivity index (χ0n) is 10.4. The fourth-order valence-electron chi connectivity index (χ4n) is 2.02. The number of hydrogen-bond acceptors (Lipinski definition) is 2. The minimum absolute atomic E-state index is 0.454. The molecule has 0 bridgehead atoms. The maximum Gasteiger partial charge on any atom is 0.0320 e. The van der Waals surface area contributed by atoms with Gasteiger partial charge in [0, 0.05) is 6.04 Å². The number of aryl methyl sites for hydroxylation is 2. The second kappa shape index (κ2) is 5.99. The molecule has 17 heavy (non-hydrogen) atoms. The third kappa shape index (κ3) is 3.42. The van der Waals surface area contributed by atoms with Crippen molar-refractivity contribution in [3.05, 3.63) is 57.8 Å². The summed E-state index contributed by atoms with van der Waals surface area (Å²) in [6, 6.07) is 11.5. The molecule has 0 amide bonds. The molecular formula is C15H19NS. The highest BCUT2D eigenvalue weighted by Gasteiger charge is 2.08. The van der Waals surface area contributed by atoms with Crippen LogP contribution in [0.3, 0.4) is 0 Å². The third-order valence-corrected chi connectivity index (χ3v) is 3.86. The van der Waals surface area contributed by atoms with Crippen LogP contribution in [0, 0.1) is 6.92 Å². The second-order valence-electron chi connectivity index (χ2n) is 4.42. The van der Waals surface area contributed by atoms with E-state index in [-0.39, 0.29) is 0 Å². The van der Waals surface area contributed by atoms with Gasteiger partial charge in [-0.05, 0) is 54.8 Å². The van der Waals surface area contributed by atoms with Crippen LogP contribution in [-0.2, 0) is 6.42 Å². The van der Waals surface area contributed by atoms with E-state index in [0.717, 1.165) is 12.8 Å². The average Bonchev–Trinajstić information content (AvgIpc) is 2.85. The standard InChI is InChI=1S/C15H19NS/c1-12-3-6-14(7-4-12)15(16-2)8-5-13-9-10-17-11-13/h3-4,6-7,9-11,15-16H,5,8H2,1-2H3. The topological polar surface area (TPSA) is 12.0 Å². The van der Waals surface area contributed by atoms with Crippen LogP contribution >= 0.6 is 11.3 Å². The van der Waals surface area contributed by atoms with Gasteiger partial charge < -0.3 is 5.32 Å². The summed E-state index contributed by atoms with van der Waals surface area (Å²) < 4.78 is 0. The molecule has 90 valence electrons. The summed E-state index contributed by atoms with van der Waals surface area (Å²) in [5.41, 5.74) is 4.15. The Morgan fingerprint density at radius 3 is 2.53 bits per heavy atom. The quantitative estimate of drug-likeness (QED) is 0.841. The lowest BCUT2D eigenvalue weighted by molar-refractivity contribution is 0.549. The molecule has 1 N–H and O–H groups in total. The maximum absolute atomic E-state index is 3.40. The van der Waals surface area contributed by atoms with Gasteiger partial charge in [0.25, 0.3) is 0 Å². The lowest BCUT2D eigenvalue weighted by Crippen LogP contribution is -2.16. The first kappa shape index (κ1) is 12.3. The van der Waals surface area contributed by atoms with E-state index in [0.29, 0.717) is 6.04 Å². The number of benzene rings is 1. The monoisotopic (exact) mass is 245 g/mol. The Hall–Kier alpha value is -1.12. The van der Waals surface area contributed by atoms with Crippen LogP contribution in [0.15, 0.2) is 41.1 Å². The van der Waals surface area contributed by atoms with Crippen molar-refractivity contribution in [3.8, 4) is 0 Å². The van der Waals surface area contributed by atoms with Crippen LogP contribution in [-0.4, -0.2) is 7.05 Å². The summed E-state index contributed by atoms with van der Waals surface area (Å²) in [4.78, 5) is 0. The molecule has 0 fully saturated rings. The van der Waals surface area contributed by atoms with Gasteiger partial charge in [-0.15, -0.1) is 0 Å². The van der Waals surface area contributed by atoms with Gasteiger partial charge in [-0.3, -0.25) is 0 Å². The van der Waals surface area contributed by atoms with Gasteiger partial charge in [0.2, 0.25) is 0 Å². The Labute approximate surface area is 108 Å². The molecule has 0 aliphatic carbocycles. The number of nitrogens with one attached hydrogen (secondary N) is 1. The van der Waals surface area contributed by atoms with Gasteiger partial charge in [0.1, 0.15) is 0 Å². The molecule has 1 heterocycles. The fraction of sp³-hybridized carbons (Fsp3) is 0.333. The first-order valence-electron chi connectivity index (χ1n) is 6.04. The van der Waals surface area contributed by atoms with Crippen molar-refractivity contribution in [1.82, 2.24) is 5.32 Å². The van der Waals surface area contributed by atoms with Crippen LogP contribution in [0.2, 0.25) is 0 Å². The lowest BCUT2D eigenvalue weighted by Gasteiger charge is -2.16. The van der Waals surface area contributed by atoms with Gasteiger partial charge in [0.15, 0.2) is 0 Å². The summed E-state index contributed by atoms with van der Waals surface area (Å²) in [5, 5.41) is 7.79. The van der Waals surface area contributed by atoms with E-state index in [4.69, 9.17) is 0 Å². The third-order valence-electron chi connectivity index (χ3n) is 3.13. The minimum Gasteiger partial charge on any atom is -0.313 e. The first-order valence-corrected chi connectivity index (χ1v) is 6.99. The molecule has 1 aromatic heterocycles. The van der Waals surface area contributed by atoms with E-state index in [1.165, 1.54) is 16.7 Å². The molecule has 2 aromatic rings. The molecule has 2 rings (SSSR count). The number of thiophene rings is 1. The summed E-state index contributed by atoms with van der Waals surface area (Å²) in [5.74, 6) is 0. The Bertz CT molecular complexity index is 430. The van der Waals surface area contributed by atoms with Gasteiger partial charge >= 0.3 is 0 Å². The molecule has 1 aromatic carbocycles. The van der Waals surface area contributed by atoms with Gasteiger partial charge in [0.05, 0.1) is 0 Å². The van der Waals surface area contributed by atoms with E-state index < -0.39 is 0 Å². The zero-order valence-corrected chi connectivity index (χ0v) is 11.3. The molecular weight excluding hydrogens is 226 g/mol. The van der Waals surface area contributed by atoms with Crippen LogP contribution < -0.4 is 5.32 Å². The zero-order chi connectivity index (χ0) is 12.1. The largest absolute Gasteiger partial charge is 0.313 e. The van der Waals surface area contributed by atoms with Crippen molar-refractivity contribution >= 4 is 11.3 Å². The molecule has 0 aliphatic heterocycles. The predicted octanol–water partition coefficient (Wildman–Crippen LogP) is 3.95. The van der Waals surface area contributed by atoms with Crippen molar-refractivity contribution in [1.29, 1.82) is 0 Å². The van der Waals surface area contributed by atoms with E-state index in [2.05, 4.69) is 53.3 Å². The van der Waals surface area contributed by atoms with Crippen molar-refractivity contribution in [2.75, 3.05) is 7.05 Å². The van der Waals surface area contributed by atoms with Crippen molar-refractivity contribution < 1.29 is 0 Å². The lowest BCUT2D eigenvalue weighted by atomic mass is 9.99. The number of rotatable bonds is 5. The minimum atomic E-state index is 0.454. The maximum atomic E-state index is 3.40. The summed E-state index contributed by atoms with van der Waals surface area (Å²) >= 11 is 1.78. The number of hydrogen-bond donors (Lipinski definition) is 1. The van der Waals surface area contributed by atoms with E-state index in [1.807, 2.05) is 7.05 Å². The smallest absolute Gasteiger partial charge is 0.0320 e. The van der Waals surface area contributed by atoms with Crippen LogP contribution in [0.5, 0.6) is 0 Å². The van der Waals surface area contributed by atoms with Crippen molar-refractivity contribution in [2.45, 2.75) is 25.8 Å². The Morgan fingerprint density at radius 1 is 1.18 bits per heavy atom. The van der Waals surface area contributed by atoms with Crippen LogP contribution in [0.1, 0.15) is 29.2 Å². The molecule has 0 saturated heterocycles. The van der Waals surface area contributed by atoms with Crippen molar-refractivity contribution in [2.24, 2.45) is 0 Å². The predicted molar refractivity (Wildman–Crippen MR) is 75.6 cm³/mol. The SMILES string of the molecule is CNC(CCc1ccsc1)c1ccc(C)cc1. The summed E-state index contributed by atoms with van der Waals surface area (Å²) in [6.45, 7) is 2.13. The summed E-state index contributed by atoms with van der Waals surface area (Å²) in [6.07, 6.45) is 2.29. The van der Waals surface area contributed by atoms with Crippen LogP contribution in [0.25, 0.3) is 0 Å². The average molecular weight is 245 g/mol. The molecule has 1 unspecified atom stereocenters. The molecule has 1 atom stereocenters. The summed E-state index contributed by atoms with van der Waals surface area (Å²) in [7, 11) is 2.04. The van der Waals surface area contributed by atoms with Crippen LogP contribution in [0.4, 0.5) is 0 Å². The van der Waals surface area contributed by atoms with Gasteiger partial charge in [-0.1, -0.05) is 29.8 Å². The first-order chi connectivity index (χ1) is 8.29. The normalized spacial score (nSPS) is 12.6. The molecule has 0 radical (unpaired) electrons. The van der Waals surface area contributed by atoms with E-state index in [9.17, 15) is 0 Å². The Kier molecular flexibility index (Phi) is 4.35. The molecule has 2 heteroatoms. The Morgan fingerprint density at radius 2 is 1.94 bits per heavy atom. The second-order valence-corrected chi connectivity index (χ2v) is 5.20. The van der Waals surface area contributed by atoms with Gasteiger partial charge in [-0.25, -0.2) is 0 Å². The Balaban J connectivity index is 1.99. The molecule has 0 spiro atoms. The highest BCUT2D eigenvalue weighted by atomic mass is 32.1. The van der Waals surface area contributed by atoms with E-state index >= 15 is 0 Å². The van der Waals surface area contributed by atoms with Gasteiger partial charge in [-0.2, -0.15) is 11.3 Å². The van der Waals surface area contributed by atoms with Crippen molar-refractivity contribution in [3.63, 3.8) is 0 Å². The van der Waals surface area contributed by atoms with E-state index in [1.54, 1.807) is 11.3 Å². The molecule has 0 aliphatic rings. The molecule has 1 nitrogen and oxygen atoms in total. The highest BCUT2D eigenvalue weighted by Crippen LogP contribution is 2.20.